The Morgan fingerprint density at radius 2 is 2.25 bits per heavy atom. The lowest BCUT2D eigenvalue weighted by atomic mass is 9.97. The molecule has 4 heteroatoms. The third kappa shape index (κ3) is 2.77. The third-order valence-electron chi connectivity index (χ3n) is 4.80. The Morgan fingerprint density at radius 1 is 1.40 bits per heavy atom. The van der Waals surface area contributed by atoms with Gasteiger partial charge in [-0.2, -0.15) is 0 Å². The van der Waals surface area contributed by atoms with E-state index in [-0.39, 0.29) is 0 Å². The van der Waals surface area contributed by atoms with Crippen LogP contribution in [0.3, 0.4) is 0 Å². The molecule has 1 aromatic rings. The van der Waals surface area contributed by atoms with Crippen LogP contribution in [0.15, 0.2) is 0 Å². The van der Waals surface area contributed by atoms with Crippen molar-refractivity contribution in [1.82, 2.24) is 14.9 Å². The van der Waals surface area contributed by atoms with E-state index in [0.29, 0.717) is 12.0 Å². The average molecular weight is 277 g/mol. The molecule has 0 aromatic carbocycles. The van der Waals surface area contributed by atoms with E-state index in [2.05, 4.69) is 23.7 Å². The smallest absolute Gasteiger partial charge is 0.106 e. The second-order valence-electron chi connectivity index (χ2n) is 6.16. The fourth-order valence-corrected chi connectivity index (χ4v) is 3.69. The first-order chi connectivity index (χ1) is 9.79. The Bertz CT molecular complexity index is 449. The van der Waals surface area contributed by atoms with Gasteiger partial charge in [0.15, 0.2) is 0 Å². The Balaban J connectivity index is 1.79. The van der Waals surface area contributed by atoms with E-state index in [1.54, 1.807) is 0 Å². The van der Waals surface area contributed by atoms with Crippen LogP contribution in [0.2, 0.25) is 0 Å². The van der Waals surface area contributed by atoms with E-state index in [9.17, 15) is 0 Å². The maximum absolute atomic E-state index is 5.58. The Kier molecular flexibility index (Phi) is 4.41. The van der Waals surface area contributed by atoms with Crippen molar-refractivity contribution in [3.63, 3.8) is 0 Å². The van der Waals surface area contributed by atoms with Crippen molar-refractivity contribution in [2.45, 2.75) is 58.5 Å². The number of fused-ring (bicyclic) bond motifs is 1. The van der Waals surface area contributed by atoms with Gasteiger partial charge in [0, 0.05) is 30.8 Å². The molecule has 0 saturated carbocycles. The summed E-state index contributed by atoms with van der Waals surface area (Å²) in [5, 5.41) is 3.67. The summed E-state index contributed by atoms with van der Waals surface area (Å²) in [4.78, 5) is 4.79. The first kappa shape index (κ1) is 14.1. The van der Waals surface area contributed by atoms with Gasteiger partial charge in [0.25, 0.3) is 0 Å². The summed E-state index contributed by atoms with van der Waals surface area (Å²) < 4.78 is 8.05. The summed E-state index contributed by atoms with van der Waals surface area (Å²) in [6.45, 7) is 8.26. The monoisotopic (exact) mass is 277 g/mol. The number of nitrogens with one attached hydrogen (secondary N) is 1. The summed E-state index contributed by atoms with van der Waals surface area (Å²) in [6, 6.07) is 0.515. The van der Waals surface area contributed by atoms with Crippen LogP contribution in [0, 0.1) is 12.8 Å². The van der Waals surface area contributed by atoms with Gasteiger partial charge in [-0.15, -0.1) is 0 Å². The van der Waals surface area contributed by atoms with E-state index in [0.717, 1.165) is 26.3 Å². The zero-order valence-corrected chi connectivity index (χ0v) is 12.8. The van der Waals surface area contributed by atoms with E-state index in [1.807, 2.05) is 0 Å². The van der Waals surface area contributed by atoms with Crippen molar-refractivity contribution in [3.05, 3.63) is 17.2 Å². The minimum Gasteiger partial charge on any atom is -0.381 e. The van der Waals surface area contributed by atoms with Gasteiger partial charge in [-0.25, -0.2) is 4.98 Å². The van der Waals surface area contributed by atoms with Gasteiger partial charge in [-0.05, 0) is 45.6 Å². The lowest BCUT2D eigenvalue weighted by molar-refractivity contribution is 0.173. The zero-order chi connectivity index (χ0) is 13.9. The third-order valence-corrected chi connectivity index (χ3v) is 4.80. The quantitative estimate of drug-likeness (QED) is 0.895. The molecule has 1 aliphatic heterocycles. The van der Waals surface area contributed by atoms with Crippen molar-refractivity contribution in [2.75, 3.05) is 19.8 Å². The predicted octanol–water partition coefficient (Wildman–Crippen LogP) is 2.08. The molecule has 1 N–H and O–H groups in total. The topological polar surface area (TPSA) is 39.1 Å². The molecule has 2 heterocycles. The molecule has 0 radical (unpaired) electrons. The number of ether oxygens (including phenoxy) is 1. The van der Waals surface area contributed by atoms with E-state index >= 15 is 0 Å². The molecule has 1 aliphatic carbocycles. The summed E-state index contributed by atoms with van der Waals surface area (Å²) in [5.74, 6) is 1.84. The summed E-state index contributed by atoms with van der Waals surface area (Å²) in [7, 11) is 0. The van der Waals surface area contributed by atoms with Gasteiger partial charge in [-0.3, -0.25) is 0 Å². The van der Waals surface area contributed by atoms with Crippen LogP contribution in [0.1, 0.15) is 43.4 Å². The predicted molar refractivity (Wildman–Crippen MR) is 80.0 cm³/mol. The molecule has 0 bridgehead atoms. The van der Waals surface area contributed by atoms with Crippen molar-refractivity contribution >= 4 is 0 Å². The highest BCUT2D eigenvalue weighted by Gasteiger charge is 2.27. The molecule has 20 heavy (non-hydrogen) atoms. The van der Waals surface area contributed by atoms with Gasteiger partial charge < -0.3 is 14.6 Å². The molecule has 1 aromatic heterocycles. The molecule has 1 saturated heterocycles. The number of aryl methyl sites for hydroxylation is 2. The fourth-order valence-electron chi connectivity index (χ4n) is 3.69. The second kappa shape index (κ2) is 6.27. The largest absolute Gasteiger partial charge is 0.381 e. The van der Waals surface area contributed by atoms with Crippen LogP contribution in [-0.2, 0) is 24.1 Å². The molecule has 2 atom stereocenters. The van der Waals surface area contributed by atoms with Crippen LogP contribution in [0.5, 0.6) is 0 Å². The first-order valence-corrected chi connectivity index (χ1v) is 8.15. The van der Waals surface area contributed by atoms with Gasteiger partial charge in [0.1, 0.15) is 5.82 Å². The van der Waals surface area contributed by atoms with Crippen LogP contribution in [-0.4, -0.2) is 35.4 Å². The Labute approximate surface area is 121 Å². The molecule has 0 amide bonds. The number of rotatable bonds is 5. The average Bonchev–Trinajstić information content (AvgIpc) is 3.07. The van der Waals surface area contributed by atoms with Gasteiger partial charge in [0.2, 0.25) is 0 Å². The molecule has 1 fully saturated rings. The van der Waals surface area contributed by atoms with Gasteiger partial charge >= 0.3 is 0 Å². The van der Waals surface area contributed by atoms with Crippen molar-refractivity contribution in [1.29, 1.82) is 0 Å². The highest BCUT2D eigenvalue weighted by Crippen LogP contribution is 2.24. The molecular formula is C16H27N3O. The minimum atomic E-state index is 0.515. The molecule has 2 aliphatic rings. The number of imidazole rings is 1. The number of aromatic nitrogens is 2. The summed E-state index contributed by atoms with van der Waals surface area (Å²) >= 11 is 0. The van der Waals surface area contributed by atoms with E-state index in [4.69, 9.17) is 9.72 Å². The Morgan fingerprint density at radius 3 is 3.00 bits per heavy atom. The Hall–Kier alpha value is -0.870. The maximum atomic E-state index is 5.58. The van der Waals surface area contributed by atoms with Crippen LogP contribution < -0.4 is 5.32 Å². The van der Waals surface area contributed by atoms with E-state index in [1.165, 1.54) is 49.3 Å². The van der Waals surface area contributed by atoms with Crippen molar-refractivity contribution < 1.29 is 4.74 Å². The van der Waals surface area contributed by atoms with Crippen LogP contribution in [0.25, 0.3) is 0 Å². The zero-order valence-electron chi connectivity index (χ0n) is 12.8. The lowest BCUT2D eigenvalue weighted by Gasteiger charge is -2.26. The molecule has 3 rings (SSSR count). The standard InChI is InChI=1S/C16H27N3O/c1-3-17-15(13-8-9-20-11-13)10-19-12(2)18-14-6-4-5-7-16(14)19/h13,15,17H,3-11H2,1-2H3. The number of hydrogen-bond acceptors (Lipinski definition) is 3. The molecule has 112 valence electrons. The van der Waals surface area contributed by atoms with Gasteiger partial charge in [0.05, 0.1) is 12.3 Å². The second-order valence-corrected chi connectivity index (χ2v) is 6.16. The maximum Gasteiger partial charge on any atom is 0.106 e. The van der Waals surface area contributed by atoms with Crippen molar-refractivity contribution in [2.24, 2.45) is 5.92 Å². The van der Waals surface area contributed by atoms with Crippen LogP contribution in [0.4, 0.5) is 0 Å². The van der Waals surface area contributed by atoms with E-state index < -0.39 is 0 Å². The molecule has 2 unspecified atom stereocenters. The highest BCUT2D eigenvalue weighted by atomic mass is 16.5. The first-order valence-electron chi connectivity index (χ1n) is 8.15. The molecular weight excluding hydrogens is 250 g/mol. The molecule has 4 nitrogen and oxygen atoms in total. The lowest BCUT2D eigenvalue weighted by Crippen LogP contribution is -2.40. The van der Waals surface area contributed by atoms with Crippen LogP contribution >= 0.6 is 0 Å². The normalized spacial score (nSPS) is 23.8. The highest BCUT2D eigenvalue weighted by molar-refractivity contribution is 5.20. The number of hydrogen-bond donors (Lipinski definition) is 1. The fraction of sp³-hybridized carbons (Fsp3) is 0.812. The summed E-state index contributed by atoms with van der Waals surface area (Å²) in [6.07, 6.45) is 6.18. The molecule has 0 spiro atoms. The van der Waals surface area contributed by atoms with Crippen molar-refractivity contribution in [3.8, 4) is 0 Å². The SMILES string of the molecule is CCNC(Cn1c(C)nc2c1CCCC2)C1CCOC1. The van der Waals surface area contributed by atoms with Gasteiger partial charge in [-0.1, -0.05) is 6.92 Å². The number of likely N-dealkylation sites (N-methyl/N-ethyl adjacent to an activating group) is 1. The summed E-state index contributed by atoms with van der Waals surface area (Å²) in [5.41, 5.74) is 2.85. The number of nitrogens with zero attached hydrogens (tertiary/aromatic N) is 2. The minimum absolute atomic E-state index is 0.515.